The highest BCUT2D eigenvalue weighted by molar-refractivity contribution is 5.33. The van der Waals surface area contributed by atoms with Gasteiger partial charge in [-0.1, -0.05) is 60.7 Å². The van der Waals surface area contributed by atoms with Gasteiger partial charge in [0.2, 0.25) is 0 Å². The minimum Gasteiger partial charge on any atom is -0.302 e. The summed E-state index contributed by atoms with van der Waals surface area (Å²) in [6, 6.07) is 24.5. The Labute approximate surface area is 163 Å². The van der Waals surface area contributed by atoms with Crippen LogP contribution in [0.5, 0.6) is 0 Å². The lowest BCUT2D eigenvalue weighted by Crippen LogP contribution is -2.47. The Morgan fingerprint density at radius 1 is 0.926 bits per heavy atom. The number of hydrogen-bond acceptors (Lipinski definition) is 3. The predicted molar refractivity (Wildman–Crippen MR) is 109 cm³/mol. The van der Waals surface area contributed by atoms with E-state index in [0.717, 1.165) is 39.0 Å². The second-order valence-electron chi connectivity index (χ2n) is 8.11. The van der Waals surface area contributed by atoms with Crippen LogP contribution in [0, 0.1) is 11.3 Å². The molecule has 0 unspecified atom stereocenters. The van der Waals surface area contributed by atoms with Crippen LogP contribution >= 0.6 is 0 Å². The van der Waals surface area contributed by atoms with E-state index < -0.39 is 0 Å². The van der Waals surface area contributed by atoms with E-state index in [2.05, 4.69) is 70.5 Å². The SMILES string of the molecule is N#CC1(c2ccccc2)CCN(C[C@H]2CCCN2Cc2ccccc2)CC1. The van der Waals surface area contributed by atoms with Gasteiger partial charge in [0.25, 0.3) is 0 Å². The molecule has 2 aliphatic rings. The molecule has 3 heteroatoms. The molecule has 0 saturated carbocycles. The van der Waals surface area contributed by atoms with Crippen LogP contribution in [-0.2, 0) is 12.0 Å². The molecule has 2 aromatic rings. The van der Waals surface area contributed by atoms with E-state index >= 15 is 0 Å². The van der Waals surface area contributed by atoms with Crippen LogP contribution in [-0.4, -0.2) is 42.0 Å². The van der Waals surface area contributed by atoms with E-state index in [-0.39, 0.29) is 5.41 Å². The van der Waals surface area contributed by atoms with Crippen LogP contribution in [0.25, 0.3) is 0 Å². The highest BCUT2D eigenvalue weighted by Crippen LogP contribution is 2.35. The summed E-state index contributed by atoms with van der Waals surface area (Å²) in [6.45, 7) is 5.46. The lowest BCUT2D eigenvalue weighted by atomic mass is 9.74. The third-order valence-corrected chi connectivity index (χ3v) is 6.45. The van der Waals surface area contributed by atoms with E-state index in [1.165, 1.54) is 30.5 Å². The summed E-state index contributed by atoms with van der Waals surface area (Å²) >= 11 is 0. The van der Waals surface area contributed by atoms with E-state index in [0.29, 0.717) is 6.04 Å². The number of piperidine rings is 1. The van der Waals surface area contributed by atoms with Crippen LogP contribution in [0.1, 0.15) is 36.8 Å². The van der Waals surface area contributed by atoms with Crippen LogP contribution in [0.15, 0.2) is 60.7 Å². The first kappa shape index (κ1) is 18.2. The quantitative estimate of drug-likeness (QED) is 0.801. The third kappa shape index (κ3) is 4.08. The van der Waals surface area contributed by atoms with Crippen molar-refractivity contribution >= 4 is 0 Å². The number of rotatable bonds is 5. The number of nitrogens with zero attached hydrogens (tertiary/aromatic N) is 3. The van der Waals surface area contributed by atoms with Gasteiger partial charge in [0.15, 0.2) is 0 Å². The lowest BCUT2D eigenvalue weighted by Gasteiger charge is -2.39. The van der Waals surface area contributed by atoms with Gasteiger partial charge in [0.1, 0.15) is 0 Å². The number of benzene rings is 2. The monoisotopic (exact) mass is 359 g/mol. The molecule has 27 heavy (non-hydrogen) atoms. The van der Waals surface area contributed by atoms with Gasteiger partial charge in [-0.3, -0.25) is 4.90 Å². The van der Waals surface area contributed by atoms with Crippen LogP contribution < -0.4 is 0 Å². The first-order chi connectivity index (χ1) is 13.3. The molecule has 0 aromatic heterocycles. The van der Waals surface area contributed by atoms with Gasteiger partial charge in [0, 0.05) is 32.2 Å². The van der Waals surface area contributed by atoms with Gasteiger partial charge in [-0.15, -0.1) is 0 Å². The molecular formula is C24H29N3. The topological polar surface area (TPSA) is 30.3 Å². The van der Waals surface area contributed by atoms with E-state index in [1.807, 2.05) is 6.07 Å². The molecule has 0 aliphatic carbocycles. The van der Waals surface area contributed by atoms with Crippen LogP contribution in [0.3, 0.4) is 0 Å². The fourth-order valence-electron chi connectivity index (χ4n) is 4.77. The fourth-order valence-corrected chi connectivity index (χ4v) is 4.77. The molecule has 0 amide bonds. The van der Waals surface area contributed by atoms with Crippen molar-refractivity contribution in [3.63, 3.8) is 0 Å². The van der Waals surface area contributed by atoms with Gasteiger partial charge >= 0.3 is 0 Å². The fraction of sp³-hybridized carbons (Fsp3) is 0.458. The van der Waals surface area contributed by atoms with Gasteiger partial charge in [-0.25, -0.2) is 0 Å². The maximum atomic E-state index is 9.89. The lowest BCUT2D eigenvalue weighted by molar-refractivity contribution is 0.130. The summed E-state index contributed by atoms with van der Waals surface area (Å²) in [5, 5.41) is 9.89. The highest BCUT2D eigenvalue weighted by atomic mass is 15.2. The van der Waals surface area contributed by atoms with Gasteiger partial charge < -0.3 is 4.90 Å². The van der Waals surface area contributed by atoms with E-state index in [1.54, 1.807) is 0 Å². The zero-order valence-corrected chi connectivity index (χ0v) is 16.1. The van der Waals surface area contributed by atoms with Crippen molar-refractivity contribution < 1.29 is 0 Å². The molecule has 4 rings (SSSR count). The molecule has 2 aromatic carbocycles. The summed E-state index contributed by atoms with van der Waals surface area (Å²) in [5.41, 5.74) is 2.31. The zero-order valence-electron chi connectivity index (χ0n) is 16.1. The number of hydrogen-bond donors (Lipinski definition) is 0. The number of nitriles is 1. The largest absolute Gasteiger partial charge is 0.302 e. The van der Waals surface area contributed by atoms with Crippen LogP contribution in [0.2, 0.25) is 0 Å². The van der Waals surface area contributed by atoms with Crippen LogP contribution in [0.4, 0.5) is 0 Å². The van der Waals surface area contributed by atoms with Crippen molar-refractivity contribution in [1.82, 2.24) is 9.80 Å². The van der Waals surface area contributed by atoms with Gasteiger partial charge in [-0.05, 0) is 43.4 Å². The number of likely N-dealkylation sites (tertiary alicyclic amines) is 2. The van der Waals surface area contributed by atoms with E-state index in [4.69, 9.17) is 0 Å². The first-order valence-electron chi connectivity index (χ1n) is 10.3. The molecule has 0 radical (unpaired) electrons. The molecule has 2 heterocycles. The van der Waals surface area contributed by atoms with Gasteiger partial charge in [-0.2, -0.15) is 5.26 Å². The maximum Gasteiger partial charge on any atom is 0.0846 e. The average molecular weight is 360 g/mol. The average Bonchev–Trinajstić information content (AvgIpc) is 3.17. The summed E-state index contributed by atoms with van der Waals surface area (Å²) < 4.78 is 0. The van der Waals surface area contributed by atoms with Crippen molar-refractivity contribution in [1.29, 1.82) is 5.26 Å². The molecule has 2 fully saturated rings. The van der Waals surface area contributed by atoms with Crippen molar-refractivity contribution in [2.24, 2.45) is 0 Å². The van der Waals surface area contributed by atoms with E-state index in [9.17, 15) is 5.26 Å². The molecule has 140 valence electrons. The molecule has 3 nitrogen and oxygen atoms in total. The first-order valence-corrected chi connectivity index (χ1v) is 10.3. The Morgan fingerprint density at radius 3 is 2.26 bits per heavy atom. The molecule has 2 saturated heterocycles. The molecule has 0 N–H and O–H groups in total. The normalized spacial score (nSPS) is 23.1. The summed E-state index contributed by atoms with van der Waals surface area (Å²) in [7, 11) is 0. The predicted octanol–water partition coefficient (Wildman–Crippen LogP) is 4.21. The zero-order chi connectivity index (χ0) is 18.5. The smallest absolute Gasteiger partial charge is 0.0846 e. The van der Waals surface area contributed by atoms with Gasteiger partial charge in [0.05, 0.1) is 11.5 Å². The third-order valence-electron chi connectivity index (χ3n) is 6.45. The Hall–Kier alpha value is -2.15. The Kier molecular flexibility index (Phi) is 5.57. The minimum absolute atomic E-state index is 0.294. The van der Waals surface area contributed by atoms with Crippen molar-refractivity contribution in [2.45, 2.75) is 43.7 Å². The Bertz CT molecular complexity index is 757. The molecule has 1 atom stereocenters. The van der Waals surface area contributed by atoms with Crippen molar-refractivity contribution in [3.05, 3.63) is 71.8 Å². The standard InChI is InChI=1S/C24H29N3/c25-20-24(22-10-5-2-6-11-22)13-16-26(17-14-24)19-23-12-7-15-27(23)18-21-8-3-1-4-9-21/h1-6,8-11,23H,7,12-19H2/t23-/m1/s1. The maximum absolute atomic E-state index is 9.89. The molecule has 0 bridgehead atoms. The summed E-state index contributed by atoms with van der Waals surface area (Å²) in [6.07, 6.45) is 4.49. The minimum atomic E-state index is -0.294. The molecule has 2 aliphatic heterocycles. The highest BCUT2D eigenvalue weighted by Gasteiger charge is 2.37. The second kappa shape index (κ2) is 8.25. The second-order valence-corrected chi connectivity index (χ2v) is 8.11. The molecular weight excluding hydrogens is 330 g/mol. The van der Waals surface area contributed by atoms with Crippen molar-refractivity contribution in [2.75, 3.05) is 26.2 Å². The summed E-state index contributed by atoms with van der Waals surface area (Å²) in [4.78, 5) is 5.24. The summed E-state index contributed by atoms with van der Waals surface area (Å²) in [5.74, 6) is 0. The Balaban J connectivity index is 1.35. The molecule has 0 spiro atoms. The van der Waals surface area contributed by atoms with Crippen molar-refractivity contribution in [3.8, 4) is 6.07 Å². The Morgan fingerprint density at radius 2 is 1.59 bits per heavy atom.